The van der Waals surface area contributed by atoms with Crippen molar-refractivity contribution in [3.05, 3.63) is 38.6 Å². The molecule has 5 nitrogen and oxygen atoms in total. The fourth-order valence-corrected chi connectivity index (χ4v) is 2.10. The van der Waals surface area contributed by atoms with Gasteiger partial charge >= 0.3 is 0 Å². The quantitative estimate of drug-likeness (QED) is 0.749. The highest BCUT2D eigenvalue weighted by Gasteiger charge is 2.06. The lowest BCUT2D eigenvalue weighted by atomic mass is 10.3. The van der Waals surface area contributed by atoms with E-state index in [1.54, 1.807) is 6.20 Å². The Labute approximate surface area is 126 Å². The fourth-order valence-electron chi connectivity index (χ4n) is 1.39. The molecule has 18 heavy (non-hydrogen) atoms. The van der Waals surface area contributed by atoms with Crippen LogP contribution in [0.3, 0.4) is 0 Å². The molecule has 0 radical (unpaired) electrons. The van der Waals surface area contributed by atoms with Crippen molar-refractivity contribution in [3.63, 3.8) is 0 Å². The van der Waals surface area contributed by atoms with Crippen LogP contribution in [-0.2, 0) is 11.3 Å². The minimum atomic E-state index is -0.147. The van der Waals surface area contributed by atoms with Crippen LogP contribution < -0.4 is 11.1 Å². The van der Waals surface area contributed by atoms with Gasteiger partial charge in [0, 0.05) is 19.9 Å². The summed E-state index contributed by atoms with van der Waals surface area (Å²) in [5.74, 6) is -0.147. The van der Waals surface area contributed by atoms with E-state index in [0.717, 1.165) is 13.7 Å². The number of halogens is 2. The molecule has 94 valence electrons. The number of amides is 1. The van der Waals surface area contributed by atoms with E-state index >= 15 is 0 Å². The molecule has 0 saturated heterocycles. The molecule has 3 N–H and O–H groups in total. The molecule has 1 heterocycles. The maximum atomic E-state index is 11.8. The molecular formula is C11H10BrIN4O. The smallest absolute Gasteiger partial charge is 0.246 e. The van der Waals surface area contributed by atoms with Crippen LogP contribution in [0, 0.1) is 3.57 Å². The first-order valence-corrected chi connectivity index (χ1v) is 6.94. The van der Waals surface area contributed by atoms with Crippen LogP contribution in [-0.4, -0.2) is 15.7 Å². The van der Waals surface area contributed by atoms with Gasteiger partial charge in [-0.2, -0.15) is 5.10 Å². The lowest BCUT2D eigenvalue weighted by Gasteiger charge is -2.06. The van der Waals surface area contributed by atoms with Gasteiger partial charge in [0.25, 0.3) is 0 Å². The molecule has 0 spiro atoms. The van der Waals surface area contributed by atoms with E-state index in [1.165, 1.54) is 10.9 Å². The number of hydrogen-bond donors (Lipinski definition) is 2. The third-order valence-electron chi connectivity index (χ3n) is 2.16. The predicted octanol–water partition coefficient (Wildman–Crippen LogP) is 2.47. The number of carbonyl (C=O) groups excluding carboxylic acids is 1. The second kappa shape index (κ2) is 5.70. The minimum Gasteiger partial charge on any atom is -0.396 e. The van der Waals surface area contributed by atoms with Crippen LogP contribution in [0.15, 0.2) is 35.1 Å². The summed E-state index contributed by atoms with van der Waals surface area (Å²) in [6.07, 6.45) is 3.12. The number of nitrogens with zero attached hydrogens (tertiary/aromatic N) is 2. The van der Waals surface area contributed by atoms with Gasteiger partial charge in [0.2, 0.25) is 5.91 Å². The third-order valence-corrected chi connectivity index (χ3v) is 4.50. The van der Waals surface area contributed by atoms with E-state index in [2.05, 4.69) is 48.9 Å². The molecule has 1 amide bonds. The van der Waals surface area contributed by atoms with E-state index < -0.39 is 0 Å². The number of carbonyl (C=O) groups is 1. The molecule has 0 unspecified atom stereocenters. The third kappa shape index (κ3) is 3.45. The Hall–Kier alpha value is -1.09. The van der Waals surface area contributed by atoms with Gasteiger partial charge in [-0.05, 0) is 56.7 Å². The molecule has 0 saturated carbocycles. The molecule has 1 aromatic heterocycles. The molecule has 1 aromatic carbocycles. The van der Waals surface area contributed by atoms with Crippen molar-refractivity contribution in [1.82, 2.24) is 9.78 Å². The average molecular weight is 421 g/mol. The van der Waals surface area contributed by atoms with Crippen molar-refractivity contribution >= 4 is 55.8 Å². The topological polar surface area (TPSA) is 72.9 Å². The molecule has 0 aliphatic heterocycles. The average Bonchev–Trinajstić information content (AvgIpc) is 2.69. The van der Waals surface area contributed by atoms with E-state index in [0.29, 0.717) is 5.69 Å². The summed E-state index contributed by atoms with van der Waals surface area (Å²) in [4.78, 5) is 11.8. The van der Waals surface area contributed by atoms with Gasteiger partial charge in [-0.15, -0.1) is 0 Å². The predicted molar refractivity (Wildman–Crippen MR) is 82.1 cm³/mol. The van der Waals surface area contributed by atoms with Crippen LogP contribution in [0.2, 0.25) is 0 Å². The van der Waals surface area contributed by atoms with Crippen molar-refractivity contribution in [1.29, 1.82) is 0 Å². The van der Waals surface area contributed by atoms with Gasteiger partial charge in [0.1, 0.15) is 6.54 Å². The minimum absolute atomic E-state index is 0.140. The molecule has 0 atom stereocenters. The molecule has 0 fully saturated rings. The highest BCUT2D eigenvalue weighted by Crippen LogP contribution is 2.22. The van der Waals surface area contributed by atoms with E-state index in [9.17, 15) is 4.79 Å². The second-order valence-electron chi connectivity index (χ2n) is 3.65. The zero-order valence-corrected chi connectivity index (χ0v) is 13.0. The first-order valence-electron chi connectivity index (χ1n) is 5.07. The van der Waals surface area contributed by atoms with Crippen molar-refractivity contribution in [2.45, 2.75) is 6.54 Å². The van der Waals surface area contributed by atoms with E-state index in [-0.39, 0.29) is 12.5 Å². The molecule has 7 heteroatoms. The van der Waals surface area contributed by atoms with Crippen LogP contribution in [0.4, 0.5) is 11.4 Å². The Bertz CT molecular complexity index is 584. The molecule has 0 bridgehead atoms. The van der Waals surface area contributed by atoms with Gasteiger partial charge < -0.3 is 11.1 Å². The summed E-state index contributed by atoms with van der Waals surface area (Å²) in [6, 6.07) is 5.63. The summed E-state index contributed by atoms with van der Waals surface area (Å²) >= 11 is 5.62. The zero-order valence-electron chi connectivity index (χ0n) is 9.23. The zero-order chi connectivity index (χ0) is 13.1. The number of nitrogens with one attached hydrogen (secondary N) is 1. The number of nitrogens with two attached hydrogens (primary N) is 1. The Balaban J connectivity index is 2.00. The van der Waals surface area contributed by atoms with Gasteiger partial charge in [0.05, 0.1) is 11.9 Å². The standard InChI is InChI=1S/C11H10BrIN4O/c12-9-3-8(1-2-10(9)13)16-11(18)6-17-5-7(14)4-15-17/h1-5H,6,14H2,(H,16,18). The van der Waals surface area contributed by atoms with Crippen LogP contribution in [0.1, 0.15) is 0 Å². The lowest BCUT2D eigenvalue weighted by molar-refractivity contribution is -0.116. The van der Waals surface area contributed by atoms with Crippen LogP contribution >= 0.6 is 38.5 Å². The number of anilines is 2. The highest BCUT2D eigenvalue weighted by molar-refractivity contribution is 14.1. The van der Waals surface area contributed by atoms with Crippen molar-refractivity contribution in [3.8, 4) is 0 Å². The van der Waals surface area contributed by atoms with Gasteiger partial charge in [0.15, 0.2) is 0 Å². The van der Waals surface area contributed by atoms with Gasteiger partial charge in [-0.3, -0.25) is 9.48 Å². The Kier molecular flexibility index (Phi) is 4.23. The largest absolute Gasteiger partial charge is 0.396 e. The summed E-state index contributed by atoms with van der Waals surface area (Å²) < 4.78 is 3.53. The maximum absolute atomic E-state index is 11.8. The summed E-state index contributed by atoms with van der Waals surface area (Å²) in [5, 5.41) is 6.74. The summed E-state index contributed by atoms with van der Waals surface area (Å²) in [7, 11) is 0. The normalized spacial score (nSPS) is 10.3. The van der Waals surface area contributed by atoms with Crippen molar-refractivity contribution < 1.29 is 4.79 Å². The second-order valence-corrected chi connectivity index (χ2v) is 5.66. The maximum Gasteiger partial charge on any atom is 0.246 e. The summed E-state index contributed by atoms with van der Waals surface area (Å²) in [6.45, 7) is 0.140. The monoisotopic (exact) mass is 420 g/mol. The first kappa shape index (κ1) is 13.3. The molecular weight excluding hydrogens is 411 g/mol. The fraction of sp³-hybridized carbons (Fsp3) is 0.0909. The van der Waals surface area contributed by atoms with Gasteiger partial charge in [-0.25, -0.2) is 0 Å². The Morgan fingerprint density at radius 1 is 1.56 bits per heavy atom. The first-order chi connectivity index (χ1) is 8.54. The highest BCUT2D eigenvalue weighted by atomic mass is 127. The molecule has 2 rings (SSSR count). The molecule has 2 aromatic rings. The van der Waals surface area contributed by atoms with Crippen molar-refractivity contribution in [2.75, 3.05) is 11.1 Å². The number of benzene rings is 1. The van der Waals surface area contributed by atoms with E-state index in [4.69, 9.17) is 5.73 Å². The Morgan fingerprint density at radius 2 is 2.33 bits per heavy atom. The number of rotatable bonds is 3. The van der Waals surface area contributed by atoms with Crippen LogP contribution in [0.5, 0.6) is 0 Å². The summed E-state index contributed by atoms with van der Waals surface area (Å²) in [5.41, 5.74) is 6.81. The number of aromatic nitrogens is 2. The lowest BCUT2D eigenvalue weighted by Crippen LogP contribution is -2.19. The molecule has 0 aliphatic carbocycles. The number of hydrogen-bond acceptors (Lipinski definition) is 3. The van der Waals surface area contributed by atoms with Gasteiger partial charge in [-0.1, -0.05) is 0 Å². The Morgan fingerprint density at radius 3 is 2.94 bits per heavy atom. The van der Waals surface area contributed by atoms with Crippen molar-refractivity contribution in [2.24, 2.45) is 0 Å². The van der Waals surface area contributed by atoms with E-state index in [1.807, 2.05) is 18.2 Å². The molecule has 0 aliphatic rings. The van der Waals surface area contributed by atoms with Crippen LogP contribution in [0.25, 0.3) is 0 Å². The number of nitrogen functional groups attached to an aromatic ring is 1. The SMILES string of the molecule is Nc1cnn(CC(=O)Nc2ccc(I)c(Br)c2)c1.